The van der Waals surface area contributed by atoms with Crippen molar-refractivity contribution in [2.24, 2.45) is 11.5 Å². The van der Waals surface area contributed by atoms with E-state index in [4.69, 9.17) is 11.5 Å². The minimum atomic E-state index is -0.293. The van der Waals surface area contributed by atoms with Crippen LogP contribution in [0.4, 0.5) is 0 Å². The number of aromatic hydroxyl groups is 1. The normalized spacial score (nSPS) is 12.9. The van der Waals surface area contributed by atoms with Gasteiger partial charge in [0.1, 0.15) is 5.75 Å². The lowest BCUT2D eigenvalue weighted by molar-refractivity contribution is 0.461. The lowest BCUT2D eigenvalue weighted by Gasteiger charge is -2.10. The fourth-order valence-electron chi connectivity index (χ4n) is 0.957. The van der Waals surface area contributed by atoms with E-state index in [1.165, 1.54) is 0 Å². The van der Waals surface area contributed by atoms with Crippen molar-refractivity contribution >= 4 is 15.9 Å². The minimum Gasteiger partial charge on any atom is -0.508 e. The molecule has 0 aliphatic carbocycles. The summed E-state index contributed by atoms with van der Waals surface area (Å²) in [5, 5.41) is 9.43. The molecular formula is C8H11BrN2O. The first-order chi connectivity index (χ1) is 5.65. The van der Waals surface area contributed by atoms with Crippen LogP contribution in [-0.2, 0) is 0 Å². The molecule has 3 nitrogen and oxygen atoms in total. The molecule has 1 atom stereocenters. The maximum absolute atomic E-state index is 9.43. The first-order valence-corrected chi connectivity index (χ1v) is 4.38. The highest BCUT2D eigenvalue weighted by molar-refractivity contribution is 9.10. The van der Waals surface area contributed by atoms with Crippen molar-refractivity contribution in [3.05, 3.63) is 28.2 Å². The minimum absolute atomic E-state index is 0.183. The van der Waals surface area contributed by atoms with Crippen LogP contribution >= 0.6 is 15.9 Å². The smallest absolute Gasteiger partial charge is 0.121 e. The molecule has 0 heterocycles. The maximum atomic E-state index is 9.43. The Balaban J connectivity index is 3.01. The maximum Gasteiger partial charge on any atom is 0.121 e. The monoisotopic (exact) mass is 230 g/mol. The van der Waals surface area contributed by atoms with E-state index in [0.717, 1.165) is 4.47 Å². The molecule has 0 fully saturated rings. The molecular weight excluding hydrogens is 220 g/mol. The van der Waals surface area contributed by atoms with Crippen LogP contribution < -0.4 is 11.5 Å². The molecule has 0 aliphatic heterocycles. The van der Waals surface area contributed by atoms with E-state index >= 15 is 0 Å². The quantitative estimate of drug-likeness (QED) is 0.713. The fraction of sp³-hybridized carbons (Fsp3) is 0.250. The van der Waals surface area contributed by atoms with E-state index in [0.29, 0.717) is 12.1 Å². The zero-order valence-electron chi connectivity index (χ0n) is 6.50. The van der Waals surface area contributed by atoms with E-state index in [9.17, 15) is 5.11 Å². The highest BCUT2D eigenvalue weighted by atomic mass is 79.9. The number of halogens is 1. The zero-order valence-corrected chi connectivity index (χ0v) is 8.08. The Morgan fingerprint density at radius 1 is 1.50 bits per heavy atom. The summed E-state index contributed by atoms with van der Waals surface area (Å²) >= 11 is 3.24. The Hall–Kier alpha value is -0.580. The Labute approximate surface area is 79.5 Å². The average molecular weight is 231 g/mol. The third-order valence-electron chi connectivity index (χ3n) is 1.65. The molecule has 1 unspecified atom stereocenters. The molecule has 1 rings (SSSR count). The predicted octanol–water partition coefficient (Wildman–Crippen LogP) is 1.11. The molecule has 66 valence electrons. The molecule has 0 spiro atoms. The van der Waals surface area contributed by atoms with Crippen molar-refractivity contribution in [2.45, 2.75) is 6.04 Å². The van der Waals surface area contributed by atoms with Gasteiger partial charge in [0, 0.05) is 22.6 Å². The van der Waals surface area contributed by atoms with E-state index in [1.54, 1.807) is 12.1 Å². The van der Waals surface area contributed by atoms with Gasteiger partial charge in [-0.1, -0.05) is 22.0 Å². The standard InChI is InChI=1S/C8H11BrN2O/c9-5-1-2-6(7(11)4-10)8(12)3-5/h1-3,7,12H,4,10-11H2. The Bertz CT molecular complexity index is 278. The van der Waals surface area contributed by atoms with Crippen LogP contribution in [0, 0.1) is 0 Å². The van der Waals surface area contributed by atoms with Crippen LogP contribution in [0.3, 0.4) is 0 Å². The number of benzene rings is 1. The van der Waals surface area contributed by atoms with E-state index in [2.05, 4.69) is 15.9 Å². The molecule has 0 saturated carbocycles. The van der Waals surface area contributed by atoms with Gasteiger partial charge in [-0.05, 0) is 12.1 Å². The predicted molar refractivity (Wildman–Crippen MR) is 51.8 cm³/mol. The summed E-state index contributed by atoms with van der Waals surface area (Å²) < 4.78 is 0.827. The summed E-state index contributed by atoms with van der Waals surface area (Å²) in [4.78, 5) is 0. The lowest BCUT2D eigenvalue weighted by Crippen LogP contribution is -2.20. The summed E-state index contributed by atoms with van der Waals surface area (Å²) in [6, 6.07) is 4.89. The van der Waals surface area contributed by atoms with Crippen molar-refractivity contribution in [3.8, 4) is 5.75 Å². The van der Waals surface area contributed by atoms with Crippen LogP contribution in [0.15, 0.2) is 22.7 Å². The van der Waals surface area contributed by atoms with Gasteiger partial charge in [0.2, 0.25) is 0 Å². The van der Waals surface area contributed by atoms with E-state index in [1.807, 2.05) is 6.07 Å². The Morgan fingerprint density at radius 3 is 2.67 bits per heavy atom. The van der Waals surface area contributed by atoms with Crippen molar-refractivity contribution in [1.29, 1.82) is 0 Å². The zero-order chi connectivity index (χ0) is 9.14. The van der Waals surface area contributed by atoms with Gasteiger partial charge < -0.3 is 16.6 Å². The summed E-state index contributed by atoms with van der Waals surface area (Å²) in [6.45, 7) is 0.329. The van der Waals surface area contributed by atoms with Gasteiger partial charge in [-0.3, -0.25) is 0 Å². The first-order valence-electron chi connectivity index (χ1n) is 3.59. The highest BCUT2D eigenvalue weighted by Crippen LogP contribution is 2.25. The number of nitrogens with two attached hydrogens (primary N) is 2. The molecule has 1 aromatic rings. The van der Waals surface area contributed by atoms with E-state index < -0.39 is 0 Å². The van der Waals surface area contributed by atoms with Crippen LogP contribution in [-0.4, -0.2) is 11.7 Å². The number of hydrogen-bond acceptors (Lipinski definition) is 3. The molecule has 0 aromatic heterocycles. The van der Waals surface area contributed by atoms with Crippen LogP contribution in [0.5, 0.6) is 5.75 Å². The molecule has 1 aromatic carbocycles. The number of rotatable bonds is 2. The Kier molecular flexibility index (Phi) is 3.08. The van der Waals surface area contributed by atoms with Gasteiger partial charge >= 0.3 is 0 Å². The average Bonchev–Trinajstić information content (AvgIpc) is 2.03. The number of hydrogen-bond donors (Lipinski definition) is 3. The van der Waals surface area contributed by atoms with Crippen molar-refractivity contribution in [2.75, 3.05) is 6.54 Å². The second-order valence-electron chi connectivity index (χ2n) is 2.55. The lowest BCUT2D eigenvalue weighted by atomic mass is 10.1. The Morgan fingerprint density at radius 2 is 2.17 bits per heavy atom. The molecule has 0 amide bonds. The van der Waals surface area contributed by atoms with Crippen LogP contribution in [0.1, 0.15) is 11.6 Å². The van der Waals surface area contributed by atoms with Crippen molar-refractivity contribution in [3.63, 3.8) is 0 Å². The molecule has 0 saturated heterocycles. The van der Waals surface area contributed by atoms with Gasteiger partial charge in [0.05, 0.1) is 0 Å². The van der Waals surface area contributed by atoms with Crippen molar-refractivity contribution < 1.29 is 5.11 Å². The second-order valence-corrected chi connectivity index (χ2v) is 3.46. The third kappa shape index (κ3) is 1.97. The number of phenolic OH excluding ortho intramolecular Hbond substituents is 1. The topological polar surface area (TPSA) is 72.3 Å². The van der Waals surface area contributed by atoms with Crippen LogP contribution in [0.2, 0.25) is 0 Å². The summed E-state index contributed by atoms with van der Waals surface area (Å²) in [7, 11) is 0. The molecule has 4 heteroatoms. The van der Waals surface area contributed by atoms with Crippen molar-refractivity contribution in [1.82, 2.24) is 0 Å². The molecule has 5 N–H and O–H groups in total. The molecule has 0 radical (unpaired) electrons. The third-order valence-corrected chi connectivity index (χ3v) is 2.14. The largest absolute Gasteiger partial charge is 0.508 e. The molecule has 12 heavy (non-hydrogen) atoms. The SMILES string of the molecule is NCC(N)c1ccc(Br)cc1O. The van der Waals surface area contributed by atoms with Crippen LogP contribution in [0.25, 0.3) is 0 Å². The van der Waals surface area contributed by atoms with Gasteiger partial charge in [-0.25, -0.2) is 0 Å². The highest BCUT2D eigenvalue weighted by Gasteiger charge is 2.08. The number of phenols is 1. The summed E-state index contributed by atoms with van der Waals surface area (Å²) in [5.74, 6) is 0.183. The molecule has 0 aliphatic rings. The second kappa shape index (κ2) is 3.89. The van der Waals surface area contributed by atoms with Gasteiger partial charge in [0.25, 0.3) is 0 Å². The van der Waals surface area contributed by atoms with E-state index in [-0.39, 0.29) is 11.8 Å². The van der Waals surface area contributed by atoms with Gasteiger partial charge in [-0.2, -0.15) is 0 Å². The van der Waals surface area contributed by atoms with Gasteiger partial charge in [-0.15, -0.1) is 0 Å². The first kappa shape index (κ1) is 9.51. The summed E-state index contributed by atoms with van der Waals surface area (Å²) in [5.41, 5.74) is 11.7. The summed E-state index contributed by atoms with van der Waals surface area (Å²) in [6.07, 6.45) is 0. The fourth-order valence-corrected chi connectivity index (χ4v) is 1.31. The molecule has 0 bridgehead atoms. The van der Waals surface area contributed by atoms with Gasteiger partial charge in [0.15, 0.2) is 0 Å².